The fourth-order valence-corrected chi connectivity index (χ4v) is 2.31. The minimum absolute atomic E-state index is 0.483. The van der Waals surface area contributed by atoms with Crippen LogP contribution in [-0.2, 0) is 0 Å². The summed E-state index contributed by atoms with van der Waals surface area (Å²) >= 11 is 1.70. The van der Waals surface area contributed by atoms with Gasteiger partial charge in [-0.1, -0.05) is 0 Å². The summed E-state index contributed by atoms with van der Waals surface area (Å²) in [5.74, 6) is 3.31. The Morgan fingerprint density at radius 2 is 2.31 bits per heavy atom. The van der Waals surface area contributed by atoms with Crippen LogP contribution in [0.3, 0.4) is 0 Å². The average molecular weight is 192 g/mol. The van der Waals surface area contributed by atoms with E-state index in [1.807, 2.05) is 11.6 Å². The van der Waals surface area contributed by atoms with Crippen LogP contribution in [0.15, 0.2) is 11.6 Å². The van der Waals surface area contributed by atoms with E-state index in [2.05, 4.69) is 15.8 Å². The number of nitrogens with zero attached hydrogens (tertiary/aromatic N) is 2. The standard InChI is InChI=1S/C10H12N2S/c1-2-9-3-6-12(7-4-9)10-11-5-8-13-10/h1,5,8-9H,3-4,6-7H2. The number of piperidine rings is 1. The first-order valence-electron chi connectivity index (χ1n) is 4.50. The van der Waals surface area contributed by atoms with E-state index >= 15 is 0 Å². The average Bonchev–Trinajstić information content (AvgIpc) is 2.71. The molecule has 3 heteroatoms. The first-order chi connectivity index (χ1) is 6.40. The van der Waals surface area contributed by atoms with Crippen LogP contribution in [0.4, 0.5) is 5.13 Å². The van der Waals surface area contributed by atoms with Gasteiger partial charge in [0.2, 0.25) is 0 Å². The summed E-state index contributed by atoms with van der Waals surface area (Å²) < 4.78 is 0. The zero-order chi connectivity index (χ0) is 9.10. The van der Waals surface area contributed by atoms with E-state index in [0.717, 1.165) is 31.1 Å². The third-order valence-corrected chi connectivity index (χ3v) is 3.25. The molecule has 13 heavy (non-hydrogen) atoms. The molecule has 0 radical (unpaired) electrons. The summed E-state index contributed by atoms with van der Waals surface area (Å²) in [7, 11) is 0. The zero-order valence-corrected chi connectivity index (χ0v) is 8.26. The van der Waals surface area contributed by atoms with Crippen molar-refractivity contribution in [3.05, 3.63) is 11.6 Å². The van der Waals surface area contributed by atoms with Crippen molar-refractivity contribution in [1.29, 1.82) is 0 Å². The molecule has 2 heterocycles. The van der Waals surface area contributed by atoms with Crippen molar-refractivity contribution in [1.82, 2.24) is 4.98 Å². The van der Waals surface area contributed by atoms with Crippen LogP contribution in [0.1, 0.15) is 12.8 Å². The number of aromatic nitrogens is 1. The Kier molecular flexibility index (Phi) is 2.51. The fourth-order valence-electron chi connectivity index (χ4n) is 1.61. The van der Waals surface area contributed by atoms with Gasteiger partial charge in [0.1, 0.15) is 0 Å². The summed E-state index contributed by atoms with van der Waals surface area (Å²) in [6, 6.07) is 0. The van der Waals surface area contributed by atoms with Gasteiger partial charge in [-0.3, -0.25) is 0 Å². The molecule has 2 rings (SSSR count). The molecule has 1 aromatic heterocycles. The largest absolute Gasteiger partial charge is 0.348 e. The normalized spacial score (nSPS) is 18.5. The molecule has 0 aliphatic carbocycles. The van der Waals surface area contributed by atoms with Gasteiger partial charge in [0, 0.05) is 30.6 Å². The molecule has 1 aliphatic heterocycles. The van der Waals surface area contributed by atoms with E-state index in [4.69, 9.17) is 6.42 Å². The summed E-state index contributed by atoms with van der Waals surface area (Å²) in [4.78, 5) is 6.60. The second kappa shape index (κ2) is 3.80. The lowest BCUT2D eigenvalue weighted by Crippen LogP contribution is -2.32. The fraction of sp³-hybridized carbons (Fsp3) is 0.500. The molecule has 1 aromatic rings. The van der Waals surface area contributed by atoms with E-state index in [1.165, 1.54) is 0 Å². The number of terminal acetylenes is 1. The maximum Gasteiger partial charge on any atom is 0.185 e. The highest BCUT2D eigenvalue weighted by Crippen LogP contribution is 2.24. The Balaban J connectivity index is 1.96. The van der Waals surface area contributed by atoms with Crippen molar-refractivity contribution < 1.29 is 0 Å². The Hall–Kier alpha value is -1.01. The summed E-state index contributed by atoms with van der Waals surface area (Å²) in [5, 5.41) is 3.15. The highest BCUT2D eigenvalue weighted by molar-refractivity contribution is 7.13. The van der Waals surface area contributed by atoms with Crippen LogP contribution in [0.2, 0.25) is 0 Å². The van der Waals surface area contributed by atoms with Crippen LogP contribution in [0.5, 0.6) is 0 Å². The van der Waals surface area contributed by atoms with E-state index in [1.54, 1.807) is 11.3 Å². The van der Waals surface area contributed by atoms with Crippen LogP contribution in [-0.4, -0.2) is 18.1 Å². The third kappa shape index (κ3) is 1.84. The maximum atomic E-state index is 5.39. The van der Waals surface area contributed by atoms with Crippen molar-refractivity contribution in [2.45, 2.75) is 12.8 Å². The molecular weight excluding hydrogens is 180 g/mol. The van der Waals surface area contributed by atoms with Gasteiger partial charge in [-0.15, -0.1) is 23.7 Å². The predicted octanol–water partition coefficient (Wildman–Crippen LogP) is 1.99. The third-order valence-electron chi connectivity index (χ3n) is 2.42. The minimum Gasteiger partial charge on any atom is -0.348 e. The van der Waals surface area contributed by atoms with Crippen molar-refractivity contribution in [3.8, 4) is 12.3 Å². The van der Waals surface area contributed by atoms with Crippen LogP contribution < -0.4 is 4.90 Å². The van der Waals surface area contributed by atoms with Gasteiger partial charge in [0.05, 0.1) is 0 Å². The van der Waals surface area contributed by atoms with Crippen LogP contribution in [0, 0.1) is 18.3 Å². The Morgan fingerprint density at radius 3 is 2.85 bits per heavy atom. The van der Waals surface area contributed by atoms with Crippen molar-refractivity contribution >= 4 is 16.5 Å². The van der Waals surface area contributed by atoms with E-state index in [9.17, 15) is 0 Å². The summed E-state index contributed by atoms with van der Waals surface area (Å²) in [6.07, 6.45) is 9.45. The molecule has 0 spiro atoms. The SMILES string of the molecule is C#CC1CCN(c2nccs2)CC1. The first kappa shape index (κ1) is 8.58. The van der Waals surface area contributed by atoms with E-state index in [0.29, 0.717) is 5.92 Å². The molecule has 0 atom stereocenters. The minimum atomic E-state index is 0.483. The first-order valence-corrected chi connectivity index (χ1v) is 5.38. The smallest absolute Gasteiger partial charge is 0.185 e. The Labute approximate surface area is 82.6 Å². The molecule has 1 aliphatic rings. The van der Waals surface area contributed by atoms with Gasteiger partial charge in [-0.05, 0) is 12.8 Å². The quantitative estimate of drug-likeness (QED) is 0.633. The second-order valence-electron chi connectivity index (χ2n) is 3.24. The summed E-state index contributed by atoms with van der Waals surface area (Å²) in [6.45, 7) is 2.12. The van der Waals surface area contributed by atoms with E-state index < -0.39 is 0 Å². The molecule has 0 unspecified atom stereocenters. The van der Waals surface area contributed by atoms with Gasteiger partial charge >= 0.3 is 0 Å². The number of hydrogen-bond acceptors (Lipinski definition) is 3. The second-order valence-corrected chi connectivity index (χ2v) is 4.12. The Morgan fingerprint density at radius 1 is 1.54 bits per heavy atom. The molecule has 2 nitrogen and oxygen atoms in total. The molecule has 1 saturated heterocycles. The number of rotatable bonds is 1. The zero-order valence-electron chi connectivity index (χ0n) is 7.44. The molecular formula is C10H12N2S. The van der Waals surface area contributed by atoms with Crippen molar-refractivity contribution in [2.24, 2.45) is 5.92 Å². The van der Waals surface area contributed by atoms with Gasteiger partial charge < -0.3 is 4.90 Å². The lowest BCUT2D eigenvalue weighted by atomic mass is 9.98. The van der Waals surface area contributed by atoms with Gasteiger partial charge in [0.25, 0.3) is 0 Å². The molecule has 68 valence electrons. The summed E-state index contributed by atoms with van der Waals surface area (Å²) in [5.41, 5.74) is 0. The highest BCUT2D eigenvalue weighted by Gasteiger charge is 2.18. The molecule has 0 aromatic carbocycles. The topological polar surface area (TPSA) is 16.1 Å². The van der Waals surface area contributed by atoms with Crippen molar-refractivity contribution in [2.75, 3.05) is 18.0 Å². The molecule has 1 fully saturated rings. The molecule has 0 bridgehead atoms. The van der Waals surface area contributed by atoms with Crippen molar-refractivity contribution in [3.63, 3.8) is 0 Å². The molecule has 0 amide bonds. The number of thiazole rings is 1. The molecule has 0 N–H and O–H groups in total. The predicted molar refractivity (Wildman–Crippen MR) is 55.9 cm³/mol. The van der Waals surface area contributed by atoms with Crippen LogP contribution in [0.25, 0.3) is 0 Å². The lowest BCUT2D eigenvalue weighted by Gasteiger charge is -2.29. The number of anilines is 1. The monoisotopic (exact) mass is 192 g/mol. The lowest BCUT2D eigenvalue weighted by molar-refractivity contribution is 0.491. The van der Waals surface area contributed by atoms with E-state index in [-0.39, 0.29) is 0 Å². The Bertz CT molecular complexity index is 291. The van der Waals surface area contributed by atoms with Crippen LogP contribution >= 0.6 is 11.3 Å². The van der Waals surface area contributed by atoms with Gasteiger partial charge in [0.15, 0.2) is 5.13 Å². The van der Waals surface area contributed by atoms with Gasteiger partial charge in [-0.2, -0.15) is 0 Å². The number of hydrogen-bond donors (Lipinski definition) is 0. The maximum absolute atomic E-state index is 5.39. The molecule has 0 saturated carbocycles. The van der Waals surface area contributed by atoms with Gasteiger partial charge in [-0.25, -0.2) is 4.98 Å². The highest BCUT2D eigenvalue weighted by atomic mass is 32.1.